The Morgan fingerprint density at radius 2 is 2.27 bits per heavy atom. The Kier molecular flexibility index (Phi) is 4.94. The minimum absolute atomic E-state index is 0.0678. The minimum atomic E-state index is -2.23. The van der Waals surface area contributed by atoms with Crippen molar-refractivity contribution in [3.8, 4) is 0 Å². The molecule has 0 aliphatic carbocycles. The lowest BCUT2D eigenvalue weighted by atomic mass is 9.88. The maximum absolute atomic E-state index is 11.9. The molecule has 0 aromatic rings. The molecule has 15 heavy (non-hydrogen) atoms. The molecule has 5 heteroatoms. The number of aliphatic carboxylic acids is 1. The number of rotatable bonds is 5. The monoisotopic (exact) mass is 221 g/mol. The maximum Gasteiger partial charge on any atom is 0.320 e. The predicted octanol–water partition coefficient (Wildman–Crippen LogP) is 1.87. The van der Waals surface area contributed by atoms with Gasteiger partial charge >= 0.3 is 5.97 Å². The van der Waals surface area contributed by atoms with Gasteiger partial charge in [0.25, 0.3) is 0 Å². The number of carbonyl (C=O) groups is 1. The third kappa shape index (κ3) is 4.55. The first-order valence-corrected chi connectivity index (χ1v) is 5.34. The van der Waals surface area contributed by atoms with Crippen LogP contribution in [-0.2, 0) is 4.79 Å². The molecule has 2 N–H and O–H groups in total. The fourth-order valence-electron chi connectivity index (χ4n) is 2.01. The largest absolute Gasteiger partial charge is 0.480 e. The predicted molar refractivity (Wildman–Crippen MR) is 52.0 cm³/mol. The summed E-state index contributed by atoms with van der Waals surface area (Å²) in [5.41, 5.74) is 0. The number of carboxylic acid groups (broad SMARTS) is 1. The summed E-state index contributed by atoms with van der Waals surface area (Å²) >= 11 is 0. The first kappa shape index (κ1) is 12.4. The number of nitrogens with one attached hydrogen (secondary N) is 1. The molecule has 1 aliphatic rings. The summed E-state index contributed by atoms with van der Waals surface area (Å²) in [6, 6.07) is -0.490. The van der Waals surface area contributed by atoms with Gasteiger partial charge in [-0.2, -0.15) is 0 Å². The number of hydrogen-bond acceptors (Lipinski definition) is 2. The fraction of sp³-hybridized carbons (Fsp3) is 0.900. The van der Waals surface area contributed by atoms with Gasteiger partial charge in [-0.15, -0.1) is 0 Å². The number of halogens is 2. The normalized spacial score (nSPS) is 26.9. The zero-order valence-corrected chi connectivity index (χ0v) is 8.59. The van der Waals surface area contributed by atoms with E-state index in [1.165, 1.54) is 0 Å². The first-order valence-electron chi connectivity index (χ1n) is 5.34. The first-order chi connectivity index (χ1) is 7.09. The van der Waals surface area contributed by atoms with E-state index in [-0.39, 0.29) is 12.3 Å². The van der Waals surface area contributed by atoms with Crippen molar-refractivity contribution >= 4 is 5.97 Å². The van der Waals surface area contributed by atoms with E-state index >= 15 is 0 Å². The van der Waals surface area contributed by atoms with Crippen molar-refractivity contribution in [1.82, 2.24) is 5.32 Å². The molecule has 0 saturated carbocycles. The molecule has 0 amide bonds. The van der Waals surface area contributed by atoms with E-state index in [0.717, 1.165) is 12.8 Å². The van der Waals surface area contributed by atoms with Gasteiger partial charge in [0.15, 0.2) is 0 Å². The molecule has 88 valence electrons. The smallest absolute Gasteiger partial charge is 0.320 e. The lowest BCUT2D eigenvalue weighted by Crippen LogP contribution is -2.43. The van der Waals surface area contributed by atoms with Gasteiger partial charge in [-0.25, -0.2) is 8.78 Å². The van der Waals surface area contributed by atoms with Crippen molar-refractivity contribution < 1.29 is 18.7 Å². The van der Waals surface area contributed by atoms with Crippen LogP contribution in [0.15, 0.2) is 0 Å². The second-order valence-corrected chi connectivity index (χ2v) is 4.06. The number of piperidine rings is 1. The zero-order chi connectivity index (χ0) is 11.3. The van der Waals surface area contributed by atoms with Gasteiger partial charge in [0.05, 0.1) is 0 Å². The van der Waals surface area contributed by atoms with Gasteiger partial charge in [0.2, 0.25) is 6.43 Å². The van der Waals surface area contributed by atoms with E-state index in [0.29, 0.717) is 19.4 Å². The molecule has 0 aromatic carbocycles. The average molecular weight is 221 g/mol. The van der Waals surface area contributed by atoms with E-state index in [1.54, 1.807) is 0 Å². The maximum atomic E-state index is 11.9. The molecular formula is C10H17F2NO2. The Balaban J connectivity index is 2.21. The number of hydrogen-bond donors (Lipinski definition) is 2. The molecule has 1 aliphatic heterocycles. The van der Waals surface area contributed by atoms with Gasteiger partial charge in [0.1, 0.15) is 6.04 Å². The Bertz CT molecular complexity index is 212. The summed E-state index contributed by atoms with van der Waals surface area (Å²) in [4.78, 5) is 10.7. The van der Waals surface area contributed by atoms with Crippen LogP contribution in [0.2, 0.25) is 0 Å². The molecule has 1 fully saturated rings. The van der Waals surface area contributed by atoms with E-state index in [9.17, 15) is 13.6 Å². The molecular weight excluding hydrogens is 204 g/mol. The third-order valence-corrected chi connectivity index (χ3v) is 2.85. The third-order valence-electron chi connectivity index (χ3n) is 2.85. The van der Waals surface area contributed by atoms with E-state index in [2.05, 4.69) is 5.32 Å². The SMILES string of the molecule is O=C(O)C1CC(CCCC(F)F)CCN1. The van der Waals surface area contributed by atoms with E-state index < -0.39 is 18.4 Å². The van der Waals surface area contributed by atoms with Crippen molar-refractivity contribution in [2.75, 3.05) is 6.54 Å². The molecule has 3 nitrogen and oxygen atoms in total. The quantitative estimate of drug-likeness (QED) is 0.745. The van der Waals surface area contributed by atoms with Gasteiger partial charge in [-0.1, -0.05) is 6.42 Å². The highest BCUT2D eigenvalue weighted by atomic mass is 19.3. The van der Waals surface area contributed by atoms with Gasteiger partial charge in [-0.3, -0.25) is 4.79 Å². The minimum Gasteiger partial charge on any atom is -0.480 e. The molecule has 1 heterocycles. The van der Waals surface area contributed by atoms with Crippen LogP contribution in [-0.4, -0.2) is 30.1 Å². The molecule has 1 rings (SSSR count). The molecule has 0 spiro atoms. The molecule has 0 radical (unpaired) electrons. The molecule has 2 unspecified atom stereocenters. The number of carboxylic acids is 1. The molecule has 2 atom stereocenters. The van der Waals surface area contributed by atoms with Crippen LogP contribution in [0, 0.1) is 5.92 Å². The van der Waals surface area contributed by atoms with Crippen LogP contribution in [0.4, 0.5) is 8.78 Å². The Hall–Kier alpha value is -0.710. The second kappa shape index (κ2) is 6.00. The lowest BCUT2D eigenvalue weighted by molar-refractivity contribution is -0.140. The Morgan fingerprint density at radius 3 is 2.87 bits per heavy atom. The standard InChI is InChI=1S/C10H17F2NO2/c11-9(12)3-1-2-7-4-5-13-8(6-7)10(14)15/h7-9,13H,1-6H2,(H,14,15). The van der Waals surface area contributed by atoms with Gasteiger partial charge < -0.3 is 10.4 Å². The van der Waals surface area contributed by atoms with Crippen LogP contribution in [0.3, 0.4) is 0 Å². The van der Waals surface area contributed by atoms with Crippen LogP contribution in [0.1, 0.15) is 32.1 Å². The van der Waals surface area contributed by atoms with Crippen molar-refractivity contribution in [3.05, 3.63) is 0 Å². The number of alkyl halides is 2. The second-order valence-electron chi connectivity index (χ2n) is 4.06. The Morgan fingerprint density at radius 1 is 1.53 bits per heavy atom. The summed E-state index contributed by atoms with van der Waals surface area (Å²) in [7, 11) is 0. The Labute approximate surface area is 87.9 Å². The van der Waals surface area contributed by atoms with Crippen molar-refractivity contribution in [3.63, 3.8) is 0 Å². The highest BCUT2D eigenvalue weighted by Crippen LogP contribution is 2.23. The summed E-state index contributed by atoms with van der Waals surface area (Å²) in [5, 5.41) is 11.7. The van der Waals surface area contributed by atoms with Crippen molar-refractivity contribution in [1.29, 1.82) is 0 Å². The summed E-state index contributed by atoms with van der Waals surface area (Å²) in [6.07, 6.45) is 0.375. The van der Waals surface area contributed by atoms with Crippen LogP contribution >= 0.6 is 0 Å². The molecule has 0 bridgehead atoms. The molecule has 1 saturated heterocycles. The summed E-state index contributed by atoms with van der Waals surface area (Å²) in [5.74, 6) is -0.556. The topological polar surface area (TPSA) is 49.3 Å². The highest BCUT2D eigenvalue weighted by molar-refractivity contribution is 5.73. The van der Waals surface area contributed by atoms with Crippen LogP contribution < -0.4 is 5.32 Å². The van der Waals surface area contributed by atoms with Gasteiger partial charge in [0, 0.05) is 6.42 Å². The fourth-order valence-corrected chi connectivity index (χ4v) is 2.01. The summed E-state index contributed by atoms with van der Waals surface area (Å²) in [6.45, 7) is 0.677. The van der Waals surface area contributed by atoms with Gasteiger partial charge in [-0.05, 0) is 31.7 Å². The lowest BCUT2D eigenvalue weighted by Gasteiger charge is -2.27. The molecule has 0 aromatic heterocycles. The van der Waals surface area contributed by atoms with Crippen molar-refractivity contribution in [2.24, 2.45) is 5.92 Å². The van der Waals surface area contributed by atoms with E-state index in [1.807, 2.05) is 0 Å². The summed E-state index contributed by atoms with van der Waals surface area (Å²) < 4.78 is 23.8. The average Bonchev–Trinajstić information content (AvgIpc) is 2.17. The van der Waals surface area contributed by atoms with Crippen LogP contribution in [0.25, 0.3) is 0 Å². The zero-order valence-electron chi connectivity index (χ0n) is 8.59. The van der Waals surface area contributed by atoms with Crippen LogP contribution in [0.5, 0.6) is 0 Å². The van der Waals surface area contributed by atoms with Crippen molar-refractivity contribution in [2.45, 2.75) is 44.6 Å². The van der Waals surface area contributed by atoms with E-state index in [4.69, 9.17) is 5.11 Å². The highest BCUT2D eigenvalue weighted by Gasteiger charge is 2.26.